The van der Waals surface area contributed by atoms with Gasteiger partial charge in [-0.2, -0.15) is 0 Å². The molecule has 0 atom stereocenters. The second-order valence-corrected chi connectivity index (χ2v) is 6.07. The van der Waals surface area contributed by atoms with Gasteiger partial charge < -0.3 is 9.64 Å². The lowest BCUT2D eigenvalue weighted by Gasteiger charge is -2.15. The normalized spacial score (nSPS) is 11.8. The minimum Gasteiger partial charge on any atom is -0.466 e. The van der Waals surface area contributed by atoms with E-state index >= 15 is 0 Å². The van der Waals surface area contributed by atoms with E-state index in [9.17, 15) is 13.2 Å². The van der Waals surface area contributed by atoms with E-state index in [1.165, 1.54) is 0 Å². The molecule has 0 saturated heterocycles. The van der Waals surface area contributed by atoms with Crippen LogP contribution in [0.4, 0.5) is 0 Å². The topological polar surface area (TPSA) is 63.7 Å². The van der Waals surface area contributed by atoms with Gasteiger partial charge in [0.05, 0.1) is 18.8 Å². The molecule has 0 N–H and O–H groups in total. The maximum absolute atomic E-state index is 11.2. The van der Waals surface area contributed by atoms with Crippen molar-refractivity contribution >= 4 is 15.8 Å². The van der Waals surface area contributed by atoms with E-state index in [0.29, 0.717) is 26.1 Å². The van der Waals surface area contributed by atoms with Gasteiger partial charge in [0.2, 0.25) is 0 Å². The van der Waals surface area contributed by atoms with E-state index in [-0.39, 0.29) is 17.5 Å². The molecule has 0 rings (SSSR count). The lowest BCUT2D eigenvalue weighted by atomic mass is 10.4. The van der Waals surface area contributed by atoms with Crippen molar-refractivity contribution in [3.8, 4) is 0 Å². The van der Waals surface area contributed by atoms with Crippen LogP contribution in [0.2, 0.25) is 0 Å². The molecule has 96 valence electrons. The van der Waals surface area contributed by atoms with Gasteiger partial charge in [-0.3, -0.25) is 4.79 Å². The quantitative estimate of drug-likeness (QED) is 0.581. The lowest BCUT2D eigenvalue weighted by Crippen LogP contribution is -2.28. The van der Waals surface area contributed by atoms with Gasteiger partial charge in [0.15, 0.2) is 9.84 Å². The number of ether oxygens (including phenoxy) is 1. The molecule has 0 unspecified atom stereocenters. The molecule has 0 saturated carbocycles. The van der Waals surface area contributed by atoms with Crippen molar-refractivity contribution in [3.05, 3.63) is 0 Å². The number of hydrogen-bond donors (Lipinski definition) is 0. The molecule has 0 aliphatic carbocycles. The van der Waals surface area contributed by atoms with E-state index in [1.807, 2.05) is 4.90 Å². The van der Waals surface area contributed by atoms with Crippen LogP contribution in [0.15, 0.2) is 0 Å². The third-order valence-corrected chi connectivity index (χ3v) is 3.91. The van der Waals surface area contributed by atoms with Crippen LogP contribution in [0.1, 0.15) is 20.3 Å². The summed E-state index contributed by atoms with van der Waals surface area (Å²) in [6.07, 6.45) is 0.302. The second-order valence-electron chi connectivity index (χ2n) is 3.59. The van der Waals surface area contributed by atoms with Crippen LogP contribution in [0, 0.1) is 0 Å². The molecule has 0 amide bonds. The van der Waals surface area contributed by atoms with Crippen molar-refractivity contribution < 1.29 is 17.9 Å². The molecule has 0 aromatic heterocycles. The fourth-order valence-electron chi connectivity index (χ4n) is 1.07. The summed E-state index contributed by atoms with van der Waals surface area (Å²) in [5, 5.41) is 0. The van der Waals surface area contributed by atoms with Gasteiger partial charge in [-0.15, -0.1) is 0 Å². The number of rotatable bonds is 8. The largest absolute Gasteiger partial charge is 0.466 e. The van der Waals surface area contributed by atoms with Crippen LogP contribution in [0.3, 0.4) is 0 Å². The maximum atomic E-state index is 11.2. The summed E-state index contributed by atoms with van der Waals surface area (Å²) in [6.45, 7) is 4.75. The van der Waals surface area contributed by atoms with E-state index in [1.54, 1.807) is 20.9 Å². The summed E-state index contributed by atoms with van der Waals surface area (Å²) in [7, 11) is -1.13. The Hall–Kier alpha value is -0.620. The fraction of sp³-hybridized carbons (Fsp3) is 0.900. The first kappa shape index (κ1) is 15.4. The number of nitrogens with zero attached hydrogens (tertiary/aromatic N) is 1. The Morgan fingerprint density at radius 3 is 2.38 bits per heavy atom. The average molecular weight is 251 g/mol. The molecule has 0 aliphatic heterocycles. The van der Waals surface area contributed by atoms with Crippen LogP contribution in [-0.4, -0.2) is 57.5 Å². The number of esters is 1. The number of carbonyl (C=O) groups excluding carboxylic acids is 1. The first-order valence-electron chi connectivity index (χ1n) is 5.46. The Bertz CT molecular complexity index is 300. The van der Waals surface area contributed by atoms with Gasteiger partial charge >= 0.3 is 5.97 Å². The highest BCUT2D eigenvalue weighted by atomic mass is 32.2. The first-order chi connectivity index (χ1) is 7.41. The summed E-state index contributed by atoms with van der Waals surface area (Å²) in [4.78, 5) is 12.9. The van der Waals surface area contributed by atoms with Gasteiger partial charge in [-0.25, -0.2) is 8.42 Å². The summed E-state index contributed by atoms with van der Waals surface area (Å²) in [6, 6.07) is 0. The van der Waals surface area contributed by atoms with E-state index in [0.717, 1.165) is 0 Å². The molecule has 6 heteroatoms. The molecule has 0 spiro atoms. The molecule has 0 aromatic carbocycles. The zero-order chi connectivity index (χ0) is 12.6. The molecule has 5 nitrogen and oxygen atoms in total. The molecule has 0 fully saturated rings. The van der Waals surface area contributed by atoms with Crippen LogP contribution in [-0.2, 0) is 19.4 Å². The van der Waals surface area contributed by atoms with E-state index in [4.69, 9.17) is 4.74 Å². The number of carbonyl (C=O) groups is 1. The summed E-state index contributed by atoms with van der Waals surface area (Å²) in [5.74, 6) is 0.0642. The minimum absolute atomic E-state index is 0.142. The summed E-state index contributed by atoms with van der Waals surface area (Å²) in [5.41, 5.74) is 0. The molecule has 0 heterocycles. The van der Waals surface area contributed by atoms with Crippen LogP contribution >= 0.6 is 0 Å². The van der Waals surface area contributed by atoms with Gasteiger partial charge in [0.25, 0.3) is 0 Å². The zero-order valence-electron chi connectivity index (χ0n) is 10.2. The fourth-order valence-corrected chi connectivity index (χ4v) is 1.94. The van der Waals surface area contributed by atoms with Crippen molar-refractivity contribution in [3.63, 3.8) is 0 Å². The summed E-state index contributed by atoms with van der Waals surface area (Å²) >= 11 is 0. The second kappa shape index (κ2) is 7.62. The zero-order valence-corrected chi connectivity index (χ0v) is 11.0. The lowest BCUT2D eigenvalue weighted by molar-refractivity contribution is -0.143. The third-order valence-electron chi connectivity index (χ3n) is 2.23. The van der Waals surface area contributed by atoms with Gasteiger partial charge in [-0.1, -0.05) is 6.92 Å². The van der Waals surface area contributed by atoms with Crippen molar-refractivity contribution in [2.45, 2.75) is 20.3 Å². The van der Waals surface area contributed by atoms with Crippen molar-refractivity contribution in [2.24, 2.45) is 0 Å². The van der Waals surface area contributed by atoms with Crippen LogP contribution in [0.5, 0.6) is 0 Å². The monoisotopic (exact) mass is 251 g/mol. The summed E-state index contributed by atoms with van der Waals surface area (Å²) < 4.78 is 27.2. The highest BCUT2D eigenvalue weighted by Crippen LogP contribution is 1.94. The Labute approximate surface area is 97.7 Å². The van der Waals surface area contributed by atoms with E-state index < -0.39 is 9.84 Å². The third kappa shape index (κ3) is 7.64. The molecule has 0 bridgehead atoms. The number of hydrogen-bond acceptors (Lipinski definition) is 5. The van der Waals surface area contributed by atoms with Crippen molar-refractivity contribution in [1.82, 2.24) is 4.90 Å². The number of sulfone groups is 1. The van der Waals surface area contributed by atoms with Crippen molar-refractivity contribution in [2.75, 3.05) is 38.2 Å². The Morgan fingerprint density at radius 1 is 1.25 bits per heavy atom. The Balaban J connectivity index is 3.75. The highest BCUT2D eigenvalue weighted by Gasteiger charge is 2.10. The molecule has 0 aromatic rings. The minimum atomic E-state index is -2.92. The standard InChI is InChI=1S/C10H21NO4S/c1-4-15-10(12)6-7-11(3)8-9-16(13,14)5-2/h4-9H2,1-3H3. The Kier molecular flexibility index (Phi) is 7.33. The average Bonchev–Trinajstić information content (AvgIpc) is 2.24. The highest BCUT2D eigenvalue weighted by molar-refractivity contribution is 7.91. The molecule has 0 radical (unpaired) electrons. The van der Waals surface area contributed by atoms with Crippen LogP contribution < -0.4 is 0 Å². The van der Waals surface area contributed by atoms with E-state index in [2.05, 4.69) is 0 Å². The van der Waals surface area contributed by atoms with Crippen LogP contribution in [0.25, 0.3) is 0 Å². The SMILES string of the molecule is CCOC(=O)CCN(C)CCS(=O)(=O)CC. The van der Waals surface area contributed by atoms with Gasteiger partial charge in [-0.05, 0) is 14.0 Å². The smallest absolute Gasteiger partial charge is 0.307 e. The molecule has 0 aliphatic rings. The maximum Gasteiger partial charge on any atom is 0.307 e. The van der Waals surface area contributed by atoms with Gasteiger partial charge in [0.1, 0.15) is 0 Å². The predicted octanol–water partition coefficient (Wildman–Crippen LogP) is 0.306. The van der Waals surface area contributed by atoms with Crippen molar-refractivity contribution in [1.29, 1.82) is 0 Å². The molecule has 16 heavy (non-hydrogen) atoms. The first-order valence-corrected chi connectivity index (χ1v) is 7.28. The Morgan fingerprint density at radius 2 is 1.88 bits per heavy atom. The molecular formula is C10H21NO4S. The van der Waals surface area contributed by atoms with Gasteiger partial charge in [0, 0.05) is 18.8 Å². The molecular weight excluding hydrogens is 230 g/mol. The predicted molar refractivity (Wildman–Crippen MR) is 63.1 cm³/mol.